The molecule has 1 aromatic heterocycles. The predicted molar refractivity (Wildman–Crippen MR) is 84.4 cm³/mol. The van der Waals surface area contributed by atoms with Crippen molar-refractivity contribution in [2.24, 2.45) is 0 Å². The summed E-state index contributed by atoms with van der Waals surface area (Å²) in [6, 6.07) is 15.8. The molecule has 0 aliphatic heterocycles. The Hall–Kier alpha value is -2.55. The van der Waals surface area contributed by atoms with E-state index in [-0.39, 0.29) is 5.97 Å². The molecule has 0 saturated carbocycles. The van der Waals surface area contributed by atoms with Gasteiger partial charge in [0.2, 0.25) is 0 Å². The number of benzene rings is 2. The summed E-state index contributed by atoms with van der Waals surface area (Å²) >= 11 is 0. The molecule has 3 rings (SSSR count). The van der Waals surface area contributed by atoms with Gasteiger partial charge in [0, 0.05) is 22.2 Å². The molecule has 0 spiro atoms. The second kappa shape index (κ2) is 5.44. The second-order valence-electron chi connectivity index (χ2n) is 4.97. The van der Waals surface area contributed by atoms with Crippen LogP contribution in [0.15, 0.2) is 48.5 Å². The maximum Gasteiger partial charge on any atom is 0.338 e. The highest BCUT2D eigenvalue weighted by Crippen LogP contribution is 2.32. The minimum atomic E-state index is -0.281. The third-order valence-corrected chi connectivity index (χ3v) is 3.56. The largest absolute Gasteiger partial charge is 0.462 e. The number of carbonyl (C=O) groups is 1. The lowest BCUT2D eigenvalue weighted by Crippen LogP contribution is -2.04. The van der Waals surface area contributed by atoms with Gasteiger partial charge in [0.15, 0.2) is 0 Å². The van der Waals surface area contributed by atoms with Gasteiger partial charge in [-0.05, 0) is 37.6 Å². The van der Waals surface area contributed by atoms with Crippen molar-refractivity contribution in [1.82, 2.24) is 4.98 Å². The summed E-state index contributed by atoms with van der Waals surface area (Å²) in [6.45, 7) is 4.24. The number of H-pyrrole nitrogens is 1. The van der Waals surface area contributed by atoms with Gasteiger partial charge in [0.25, 0.3) is 0 Å². The Bertz CT molecular complexity index is 802. The quantitative estimate of drug-likeness (QED) is 0.725. The highest BCUT2D eigenvalue weighted by atomic mass is 16.5. The molecule has 0 amide bonds. The molecule has 3 aromatic rings. The summed E-state index contributed by atoms with van der Waals surface area (Å²) in [7, 11) is 0. The van der Waals surface area contributed by atoms with Crippen LogP contribution in [0.3, 0.4) is 0 Å². The molecule has 3 nitrogen and oxygen atoms in total. The molecule has 0 aliphatic rings. The molecule has 2 aromatic carbocycles. The van der Waals surface area contributed by atoms with E-state index in [1.807, 2.05) is 44.2 Å². The molecular formula is C18H17NO2. The van der Waals surface area contributed by atoms with Crippen molar-refractivity contribution in [3.8, 4) is 11.1 Å². The van der Waals surface area contributed by atoms with Crippen molar-refractivity contribution in [3.63, 3.8) is 0 Å². The summed E-state index contributed by atoms with van der Waals surface area (Å²) in [5, 5.41) is 1.16. The van der Waals surface area contributed by atoms with Crippen LogP contribution in [0.4, 0.5) is 0 Å². The maximum absolute atomic E-state index is 11.9. The number of carbonyl (C=O) groups excluding carboxylic acids is 1. The van der Waals surface area contributed by atoms with Gasteiger partial charge in [-0.2, -0.15) is 0 Å². The van der Waals surface area contributed by atoms with Crippen molar-refractivity contribution >= 4 is 16.9 Å². The molecule has 0 radical (unpaired) electrons. The van der Waals surface area contributed by atoms with E-state index in [2.05, 4.69) is 17.1 Å². The number of ether oxygens (including phenoxy) is 1. The summed E-state index contributed by atoms with van der Waals surface area (Å²) in [5.74, 6) is -0.281. The average molecular weight is 279 g/mol. The third kappa shape index (κ3) is 2.42. The van der Waals surface area contributed by atoms with E-state index < -0.39 is 0 Å². The topological polar surface area (TPSA) is 42.1 Å². The minimum absolute atomic E-state index is 0.281. The summed E-state index contributed by atoms with van der Waals surface area (Å²) < 4.78 is 5.07. The zero-order valence-corrected chi connectivity index (χ0v) is 12.1. The highest BCUT2D eigenvalue weighted by Gasteiger charge is 2.13. The Morgan fingerprint density at radius 1 is 1.14 bits per heavy atom. The van der Waals surface area contributed by atoms with Crippen molar-refractivity contribution in [2.45, 2.75) is 13.8 Å². The number of aromatic nitrogens is 1. The normalized spacial score (nSPS) is 10.8. The van der Waals surface area contributed by atoms with Crippen LogP contribution < -0.4 is 0 Å². The number of hydrogen-bond acceptors (Lipinski definition) is 2. The Morgan fingerprint density at radius 2 is 1.95 bits per heavy atom. The molecule has 0 fully saturated rings. The van der Waals surface area contributed by atoms with Gasteiger partial charge < -0.3 is 9.72 Å². The van der Waals surface area contributed by atoms with Gasteiger partial charge in [0.1, 0.15) is 0 Å². The first-order valence-electron chi connectivity index (χ1n) is 7.05. The number of hydrogen-bond donors (Lipinski definition) is 1. The Morgan fingerprint density at radius 3 is 2.76 bits per heavy atom. The van der Waals surface area contributed by atoms with E-state index in [1.54, 1.807) is 6.07 Å². The number of aromatic amines is 1. The summed E-state index contributed by atoms with van der Waals surface area (Å²) in [6.07, 6.45) is 0. The zero-order chi connectivity index (χ0) is 14.8. The number of rotatable bonds is 3. The molecule has 0 bridgehead atoms. The first-order valence-corrected chi connectivity index (χ1v) is 7.05. The lowest BCUT2D eigenvalue weighted by atomic mass is 10.0. The van der Waals surface area contributed by atoms with Crippen molar-refractivity contribution in [1.29, 1.82) is 0 Å². The molecular weight excluding hydrogens is 262 g/mol. The van der Waals surface area contributed by atoms with Crippen LogP contribution in [-0.4, -0.2) is 17.6 Å². The van der Waals surface area contributed by atoms with E-state index in [0.29, 0.717) is 12.2 Å². The van der Waals surface area contributed by atoms with Crippen molar-refractivity contribution in [2.75, 3.05) is 6.61 Å². The molecule has 106 valence electrons. The van der Waals surface area contributed by atoms with Crippen LogP contribution in [-0.2, 0) is 4.74 Å². The summed E-state index contributed by atoms with van der Waals surface area (Å²) in [4.78, 5) is 15.3. The van der Waals surface area contributed by atoms with Crippen LogP contribution in [0.5, 0.6) is 0 Å². The number of esters is 1. The Kier molecular flexibility index (Phi) is 3.48. The Labute approximate surface area is 123 Å². The van der Waals surface area contributed by atoms with Crippen LogP contribution in [0.1, 0.15) is 23.0 Å². The monoisotopic (exact) mass is 279 g/mol. The zero-order valence-electron chi connectivity index (χ0n) is 12.1. The van der Waals surface area contributed by atoms with Crippen molar-refractivity contribution < 1.29 is 9.53 Å². The third-order valence-electron chi connectivity index (χ3n) is 3.56. The van der Waals surface area contributed by atoms with E-state index >= 15 is 0 Å². The highest BCUT2D eigenvalue weighted by molar-refractivity contribution is 5.99. The Balaban J connectivity index is 2.13. The first kappa shape index (κ1) is 13.4. The van der Waals surface area contributed by atoms with Crippen LogP contribution >= 0.6 is 0 Å². The van der Waals surface area contributed by atoms with Gasteiger partial charge in [-0.25, -0.2) is 4.79 Å². The SMILES string of the molecule is CCOC(=O)c1cccc(-c2c(C)[nH]c3ccccc23)c1. The van der Waals surface area contributed by atoms with E-state index in [9.17, 15) is 4.79 Å². The molecule has 0 atom stereocenters. The van der Waals surface area contributed by atoms with Gasteiger partial charge in [-0.1, -0.05) is 30.3 Å². The number of fused-ring (bicyclic) bond motifs is 1. The lowest BCUT2D eigenvalue weighted by molar-refractivity contribution is 0.0526. The number of para-hydroxylation sites is 1. The fourth-order valence-corrected chi connectivity index (χ4v) is 2.66. The molecule has 1 heterocycles. The molecule has 0 saturated heterocycles. The number of aryl methyl sites for hydroxylation is 1. The fraction of sp³-hybridized carbons (Fsp3) is 0.167. The number of nitrogens with one attached hydrogen (secondary N) is 1. The molecule has 21 heavy (non-hydrogen) atoms. The maximum atomic E-state index is 11.9. The standard InChI is InChI=1S/C18H17NO2/c1-3-21-18(20)14-8-6-7-13(11-14)17-12(2)19-16-10-5-4-9-15(16)17/h4-11,19H,3H2,1-2H3. The van der Waals surface area contributed by atoms with E-state index in [1.165, 1.54) is 0 Å². The van der Waals surface area contributed by atoms with Crippen LogP contribution in [0.2, 0.25) is 0 Å². The van der Waals surface area contributed by atoms with Gasteiger partial charge in [-0.15, -0.1) is 0 Å². The van der Waals surface area contributed by atoms with E-state index in [4.69, 9.17) is 4.74 Å². The second-order valence-corrected chi connectivity index (χ2v) is 4.97. The fourth-order valence-electron chi connectivity index (χ4n) is 2.66. The van der Waals surface area contributed by atoms with E-state index in [0.717, 1.165) is 27.7 Å². The molecule has 0 aliphatic carbocycles. The first-order chi connectivity index (χ1) is 10.2. The van der Waals surface area contributed by atoms with Crippen molar-refractivity contribution in [3.05, 3.63) is 59.8 Å². The molecule has 3 heteroatoms. The van der Waals surface area contributed by atoms with Gasteiger partial charge >= 0.3 is 5.97 Å². The smallest absolute Gasteiger partial charge is 0.338 e. The minimum Gasteiger partial charge on any atom is -0.462 e. The van der Waals surface area contributed by atoms with Crippen LogP contribution in [0.25, 0.3) is 22.0 Å². The van der Waals surface area contributed by atoms with Gasteiger partial charge in [-0.3, -0.25) is 0 Å². The lowest BCUT2D eigenvalue weighted by Gasteiger charge is -2.06. The predicted octanol–water partition coefficient (Wildman–Crippen LogP) is 4.32. The van der Waals surface area contributed by atoms with Crippen LogP contribution in [0, 0.1) is 6.92 Å². The molecule has 0 unspecified atom stereocenters. The van der Waals surface area contributed by atoms with Gasteiger partial charge in [0.05, 0.1) is 12.2 Å². The average Bonchev–Trinajstić information content (AvgIpc) is 2.83. The molecule has 1 N–H and O–H groups in total. The summed E-state index contributed by atoms with van der Waals surface area (Å²) in [5.41, 5.74) is 4.94.